The summed E-state index contributed by atoms with van der Waals surface area (Å²) in [6, 6.07) is 0. The largest absolute Gasteiger partial charge is 0.391 e. The van der Waals surface area contributed by atoms with Crippen molar-refractivity contribution in [2.45, 2.75) is 25.9 Å². The van der Waals surface area contributed by atoms with E-state index in [4.69, 9.17) is 15.3 Å². The van der Waals surface area contributed by atoms with Crippen LogP contribution in [0.2, 0.25) is 0 Å². The second kappa shape index (κ2) is 4.69. The van der Waals surface area contributed by atoms with E-state index >= 15 is 0 Å². The first-order valence-corrected chi connectivity index (χ1v) is 2.83. The molecule has 0 aromatic carbocycles. The molecule has 0 saturated heterocycles. The third-order valence-electron chi connectivity index (χ3n) is 0.820. The van der Waals surface area contributed by atoms with Crippen molar-refractivity contribution in [2.24, 2.45) is 0 Å². The van der Waals surface area contributed by atoms with Crippen LogP contribution in [0.3, 0.4) is 0 Å². The Kier molecular flexibility index (Phi) is 4.61. The van der Waals surface area contributed by atoms with Crippen molar-refractivity contribution >= 4 is 0 Å². The Morgan fingerprint density at radius 1 is 1.33 bits per heavy atom. The van der Waals surface area contributed by atoms with Crippen LogP contribution in [0.4, 0.5) is 0 Å². The molecule has 2 atom stereocenters. The van der Waals surface area contributed by atoms with Gasteiger partial charge in [-0.15, -0.1) is 0 Å². The summed E-state index contributed by atoms with van der Waals surface area (Å²) < 4.78 is 4.41. The van der Waals surface area contributed by atoms with Crippen LogP contribution in [-0.2, 0) is 4.74 Å². The minimum absolute atomic E-state index is 0.400. The average molecular weight is 136 g/mol. The van der Waals surface area contributed by atoms with Crippen LogP contribution in [0.15, 0.2) is 0 Å². The summed E-state index contributed by atoms with van der Waals surface area (Å²) in [4.78, 5) is 0. The summed E-state index contributed by atoms with van der Waals surface area (Å²) in [5.41, 5.74) is 0. The van der Waals surface area contributed by atoms with Gasteiger partial charge in [0.05, 0.1) is 6.61 Å². The number of hydrogen-bond acceptors (Lipinski definition) is 4. The second-order valence-corrected chi connectivity index (χ2v) is 1.64. The van der Waals surface area contributed by atoms with Crippen molar-refractivity contribution in [3.8, 4) is 0 Å². The molecular formula is C5H12O4. The summed E-state index contributed by atoms with van der Waals surface area (Å²) in [7, 11) is 0. The predicted octanol–water partition coefficient (Wildman–Crippen LogP) is -0.958. The summed E-state index contributed by atoms with van der Waals surface area (Å²) in [5, 5.41) is 25.4. The SMILES string of the molecule is CCC(O)OC(O)CO. The lowest BCUT2D eigenvalue weighted by Crippen LogP contribution is -2.23. The number of ether oxygens (including phenoxy) is 1. The lowest BCUT2D eigenvalue weighted by atomic mass is 10.5. The maximum atomic E-state index is 8.67. The van der Waals surface area contributed by atoms with Crippen molar-refractivity contribution in [1.29, 1.82) is 0 Å². The summed E-state index contributed by atoms with van der Waals surface area (Å²) in [5.74, 6) is 0. The lowest BCUT2D eigenvalue weighted by Gasteiger charge is -2.12. The Bertz CT molecular complexity index is 58.0. The zero-order chi connectivity index (χ0) is 7.28. The fourth-order valence-corrected chi connectivity index (χ4v) is 0.321. The van der Waals surface area contributed by atoms with E-state index in [0.29, 0.717) is 6.42 Å². The fourth-order valence-electron chi connectivity index (χ4n) is 0.321. The maximum Gasteiger partial charge on any atom is 0.181 e. The predicted molar refractivity (Wildman–Crippen MR) is 30.5 cm³/mol. The van der Waals surface area contributed by atoms with Crippen molar-refractivity contribution in [3.63, 3.8) is 0 Å². The zero-order valence-electron chi connectivity index (χ0n) is 5.32. The number of rotatable bonds is 4. The quantitative estimate of drug-likeness (QED) is 0.435. The minimum atomic E-state index is -1.26. The monoisotopic (exact) mass is 136 g/mol. The summed E-state index contributed by atoms with van der Waals surface area (Å²) >= 11 is 0. The third-order valence-corrected chi connectivity index (χ3v) is 0.820. The molecule has 0 aromatic rings. The van der Waals surface area contributed by atoms with Gasteiger partial charge in [-0.1, -0.05) is 6.92 Å². The van der Waals surface area contributed by atoms with Gasteiger partial charge < -0.3 is 20.1 Å². The van der Waals surface area contributed by atoms with Gasteiger partial charge in [0, 0.05) is 0 Å². The van der Waals surface area contributed by atoms with E-state index in [2.05, 4.69) is 4.74 Å². The third kappa shape index (κ3) is 4.35. The Labute approximate surface area is 53.7 Å². The highest BCUT2D eigenvalue weighted by atomic mass is 16.7. The molecular weight excluding hydrogens is 124 g/mol. The van der Waals surface area contributed by atoms with Crippen LogP contribution < -0.4 is 0 Å². The molecule has 9 heavy (non-hydrogen) atoms. The van der Waals surface area contributed by atoms with Gasteiger partial charge in [0.25, 0.3) is 0 Å². The first-order valence-electron chi connectivity index (χ1n) is 2.83. The molecule has 0 heterocycles. The van der Waals surface area contributed by atoms with E-state index in [-0.39, 0.29) is 0 Å². The van der Waals surface area contributed by atoms with Crippen LogP contribution in [0, 0.1) is 0 Å². The second-order valence-electron chi connectivity index (χ2n) is 1.64. The molecule has 2 unspecified atom stereocenters. The van der Waals surface area contributed by atoms with E-state index < -0.39 is 19.2 Å². The van der Waals surface area contributed by atoms with Crippen molar-refractivity contribution < 1.29 is 20.1 Å². The lowest BCUT2D eigenvalue weighted by molar-refractivity contribution is -0.219. The number of hydrogen-bond donors (Lipinski definition) is 3. The molecule has 0 fully saturated rings. The molecule has 0 rings (SSSR count). The first kappa shape index (κ1) is 8.84. The smallest absolute Gasteiger partial charge is 0.181 e. The Hall–Kier alpha value is -0.160. The molecule has 0 aliphatic rings. The van der Waals surface area contributed by atoms with Gasteiger partial charge >= 0.3 is 0 Å². The summed E-state index contributed by atoms with van der Waals surface area (Å²) in [6.07, 6.45) is -1.84. The van der Waals surface area contributed by atoms with E-state index in [9.17, 15) is 0 Å². The molecule has 56 valence electrons. The molecule has 0 bridgehead atoms. The molecule has 4 heteroatoms. The molecule has 0 aliphatic heterocycles. The van der Waals surface area contributed by atoms with Crippen molar-refractivity contribution in [1.82, 2.24) is 0 Å². The average Bonchev–Trinajstić information content (AvgIpc) is 1.87. The van der Waals surface area contributed by atoms with E-state index in [1.54, 1.807) is 6.92 Å². The van der Waals surface area contributed by atoms with Crippen LogP contribution in [0.5, 0.6) is 0 Å². The van der Waals surface area contributed by atoms with E-state index in [1.807, 2.05) is 0 Å². The highest BCUT2D eigenvalue weighted by Gasteiger charge is 2.06. The van der Waals surface area contributed by atoms with Gasteiger partial charge in [-0.25, -0.2) is 0 Å². The van der Waals surface area contributed by atoms with Gasteiger partial charge in [0.2, 0.25) is 0 Å². The van der Waals surface area contributed by atoms with Crippen LogP contribution >= 0.6 is 0 Å². The standard InChI is InChI=1S/C5H12O4/c1-2-4(7)9-5(8)3-6/h4-8H,2-3H2,1H3. The molecule has 0 amide bonds. The normalized spacial score (nSPS) is 17.3. The van der Waals surface area contributed by atoms with Gasteiger partial charge in [-0.3, -0.25) is 0 Å². The topological polar surface area (TPSA) is 69.9 Å². The van der Waals surface area contributed by atoms with Crippen LogP contribution in [0.25, 0.3) is 0 Å². The highest BCUT2D eigenvalue weighted by Crippen LogP contribution is 1.95. The van der Waals surface area contributed by atoms with Gasteiger partial charge in [0.1, 0.15) is 0 Å². The molecule has 0 saturated carbocycles. The number of aliphatic hydroxyl groups excluding tert-OH is 3. The van der Waals surface area contributed by atoms with E-state index in [0.717, 1.165) is 0 Å². The molecule has 0 spiro atoms. The van der Waals surface area contributed by atoms with Crippen LogP contribution in [-0.4, -0.2) is 34.5 Å². The zero-order valence-corrected chi connectivity index (χ0v) is 5.32. The van der Waals surface area contributed by atoms with Crippen molar-refractivity contribution in [2.75, 3.05) is 6.61 Å². The molecule has 0 radical (unpaired) electrons. The van der Waals surface area contributed by atoms with Gasteiger partial charge in [-0.05, 0) is 6.42 Å². The number of aliphatic hydroxyl groups is 3. The fraction of sp³-hybridized carbons (Fsp3) is 1.00. The molecule has 3 N–H and O–H groups in total. The minimum Gasteiger partial charge on any atom is -0.391 e. The molecule has 0 aromatic heterocycles. The maximum absolute atomic E-state index is 8.67. The van der Waals surface area contributed by atoms with E-state index in [1.165, 1.54) is 0 Å². The van der Waals surface area contributed by atoms with Crippen molar-refractivity contribution in [3.05, 3.63) is 0 Å². The van der Waals surface area contributed by atoms with Gasteiger partial charge in [0.15, 0.2) is 12.6 Å². The Morgan fingerprint density at radius 3 is 2.22 bits per heavy atom. The van der Waals surface area contributed by atoms with Crippen LogP contribution in [0.1, 0.15) is 13.3 Å². The molecule has 0 aliphatic carbocycles. The molecule has 4 nitrogen and oxygen atoms in total. The van der Waals surface area contributed by atoms with Gasteiger partial charge in [-0.2, -0.15) is 0 Å². The Morgan fingerprint density at radius 2 is 1.89 bits per heavy atom. The Balaban J connectivity index is 3.22. The highest BCUT2D eigenvalue weighted by molar-refractivity contribution is 4.38. The summed E-state index contributed by atoms with van der Waals surface area (Å²) in [6.45, 7) is 1.21. The first-order chi connectivity index (χ1) is 4.20.